The van der Waals surface area contributed by atoms with Crippen LogP contribution in [0.1, 0.15) is 5.82 Å². The molecule has 0 atom stereocenters. The Balaban J connectivity index is 1.99. The number of anilines is 1. The number of hydrogen-bond donors (Lipinski definition) is 1. The van der Waals surface area contributed by atoms with E-state index in [0.29, 0.717) is 5.82 Å². The zero-order chi connectivity index (χ0) is 12.3. The number of thiophene rings is 1. The zero-order valence-electron chi connectivity index (χ0n) is 10.0. The van der Waals surface area contributed by atoms with Gasteiger partial charge in [0, 0.05) is 12.3 Å². The van der Waals surface area contributed by atoms with Crippen LogP contribution in [0.2, 0.25) is 0 Å². The second-order valence-corrected chi connectivity index (χ2v) is 6.02. The van der Waals surface area contributed by atoms with Crippen molar-refractivity contribution in [2.75, 3.05) is 32.1 Å². The summed E-state index contributed by atoms with van der Waals surface area (Å²) in [7, 11) is 4.15. The van der Waals surface area contributed by atoms with Crippen molar-refractivity contribution < 1.29 is 0 Å². The molecular weight excluding hydrogens is 252 g/mol. The number of rotatable bonds is 5. The third-order valence-corrected chi connectivity index (χ3v) is 4.06. The topological polar surface area (TPSA) is 55.0 Å². The highest BCUT2D eigenvalue weighted by molar-refractivity contribution is 7.98. The third kappa shape index (κ3) is 3.31. The quantitative estimate of drug-likeness (QED) is 0.841. The molecule has 0 saturated heterocycles. The van der Waals surface area contributed by atoms with E-state index >= 15 is 0 Å². The summed E-state index contributed by atoms with van der Waals surface area (Å²) in [4.78, 5) is 12.0. The highest BCUT2D eigenvalue weighted by Crippen LogP contribution is 2.23. The predicted octanol–water partition coefficient (Wildman–Crippen LogP) is 2.07. The number of nitrogen functional groups attached to an aromatic ring is 1. The Kier molecular flexibility index (Phi) is 4.20. The van der Waals surface area contributed by atoms with E-state index in [9.17, 15) is 0 Å². The maximum Gasteiger partial charge on any atom is 0.142 e. The number of fused-ring (bicyclic) bond motifs is 1. The van der Waals surface area contributed by atoms with E-state index in [2.05, 4.69) is 29.0 Å². The van der Waals surface area contributed by atoms with Gasteiger partial charge in [-0.2, -0.15) is 11.8 Å². The lowest BCUT2D eigenvalue weighted by molar-refractivity contribution is 0.437. The maximum atomic E-state index is 5.89. The number of hydrogen-bond acceptors (Lipinski definition) is 6. The van der Waals surface area contributed by atoms with Gasteiger partial charge in [0.1, 0.15) is 16.5 Å². The van der Waals surface area contributed by atoms with Crippen molar-refractivity contribution in [1.29, 1.82) is 0 Å². The zero-order valence-corrected chi connectivity index (χ0v) is 11.6. The van der Waals surface area contributed by atoms with Crippen molar-refractivity contribution in [3.63, 3.8) is 0 Å². The SMILES string of the molecule is CN(C)CCSCc1nc(N)c2ccsc2n1. The second kappa shape index (κ2) is 5.66. The summed E-state index contributed by atoms with van der Waals surface area (Å²) < 4.78 is 0. The molecule has 2 aromatic heterocycles. The first kappa shape index (κ1) is 12.6. The average molecular weight is 268 g/mol. The van der Waals surface area contributed by atoms with E-state index in [0.717, 1.165) is 34.1 Å². The molecule has 4 nitrogen and oxygen atoms in total. The minimum Gasteiger partial charge on any atom is -0.383 e. The van der Waals surface area contributed by atoms with Gasteiger partial charge in [-0.15, -0.1) is 11.3 Å². The van der Waals surface area contributed by atoms with Gasteiger partial charge >= 0.3 is 0 Å². The minimum absolute atomic E-state index is 0.597. The van der Waals surface area contributed by atoms with Crippen molar-refractivity contribution >= 4 is 39.1 Å². The van der Waals surface area contributed by atoms with Gasteiger partial charge in [-0.1, -0.05) is 0 Å². The lowest BCUT2D eigenvalue weighted by Gasteiger charge is -2.08. The Morgan fingerprint density at radius 3 is 3.00 bits per heavy atom. The highest BCUT2D eigenvalue weighted by atomic mass is 32.2. The molecule has 2 heterocycles. The summed E-state index contributed by atoms with van der Waals surface area (Å²) >= 11 is 3.45. The second-order valence-electron chi connectivity index (χ2n) is 4.02. The third-order valence-electron chi connectivity index (χ3n) is 2.31. The highest BCUT2D eigenvalue weighted by Gasteiger charge is 2.06. The summed E-state index contributed by atoms with van der Waals surface area (Å²) in [6.45, 7) is 1.07. The van der Waals surface area contributed by atoms with E-state index in [-0.39, 0.29) is 0 Å². The van der Waals surface area contributed by atoms with Crippen LogP contribution in [-0.2, 0) is 5.75 Å². The van der Waals surface area contributed by atoms with Crippen LogP contribution < -0.4 is 5.73 Å². The molecule has 92 valence electrons. The largest absolute Gasteiger partial charge is 0.383 e. The Morgan fingerprint density at radius 1 is 1.41 bits per heavy atom. The molecule has 0 fully saturated rings. The molecule has 6 heteroatoms. The van der Waals surface area contributed by atoms with E-state index in [1.54, 1.807) is 11.3 Å². The molecule has 2 N–H and O–H groups in total. The fourth-order valence-corrected chi connectivity index (χ4v) is 3.14. The minimum atomic E-state index is 0.597. The first-order valence-corrected chi connectivity index (χ1v) is 7.42. The number of nitrogens with two attached hydrogens (primary N) is 1. The molecule has 0 spiro atoms. The molecule has 0 saturated carbocycles. The van der Waals surface area contributed by atoms with Crippen LogP contribution in [0.25, 0.3) is 10.2 Å². The van der Waals surface area contributed by atoms with Gasteiger partial charge in [0.05, 0.1) is 11.1 Å². The molecule has 17 heavy (non-hydrogen) atoms. The van der Waals surface area contributed by atoms with Gasteiger partial charge in [-0.25, -0.2) is 9.97 Å². The number of thioether (sulfide) groups is 1. The molecule has 0 radical (unpaired) electrons. The van der Waals surface area contributed by atoms with Gasteiger partial charge in [-0.05, 0) is 25.5 Å². The summed E-state index contributed by atoms with van der Waals surface area (Å²) in [5.74, 6) is 3.34. The van der Waals surface area contributed by atoms with Crippen LogP contribution in [0.3, 0.4) is 0 Å². The summed E-state index contributed by atoms with van der Waals surface area (Å²) in [5.41, 5.74) is 5.89. The normalized spacial score (nSPS) is 11.5. The molecule has 0 bridgehead atoms. The molecule has 2 aromatic rings. The van der Waals surface area contributed by atoms with E-state index in [1.165, 1.54) is 0 Å². The first-order valence-electron chi connectivity index (χ1n) is 5.39. The van der Waals surface area contributed by atoms with Crippen LogP contribution in [0.4, 0.5) is 5.82 Å². The molecule has 0 unspecified atom stereocenters. The molecule has 0 aliphatic rings. The lowest BCUT2D eigenvalue weighted by Crippen LogP contribution is -2.15. The molecular formula is C11H16N4S2. The standard InChI is InChI=1S/C11H16N4S2/c1-15(2)4-6-16-7-9-13-10(12)8-3-5-17-11(8)14-9/h3,5H,4,6-7H2,1-2H3,(H2,12,13,14). The van der Waals surface area contributed by atoms with Crippen LogP contribution in [0.5, 0.6) is 0 Å². The lowest BCUT2D eigenvalue weighted by atomic mass is 10.4. The summed E-state index contributed by atoms with van der Waals surface area (Å²) in [5, 5.41) is 2.97. The molecule has 2 rings (SSSR count). The van der Waals surface area contributed by atoms with Crippen molar-refractivity contribution in [3.8, 4) is 0 Å². The van der Waals surface area contributed by atoms with Gasteiger partial charge in [0.25, 0.3) is 0 Å². The van der Waals surface area contributed by atoms with Gasteiger partial charge in [-0.3, -0.25) is 0 Å². The van der Waals surface area contributed by atoms with Crippen LogP contribution in [0.15, 0.2) is 11.4 Å². The maximum absolute atomic E-state index is 5.89. The van der Waals surface area contributed by atoms with Crippen molar-refractivity contribution in [2.45, 2.75) is 5.75 Å². The molecule has 0 aromatic carbocycles. The van der Waals surface area contributed by atoms with Crippen molar-refractivity contribution in [3.05, 3.63) is 17.3 Å². The van der Waals surface area contributed by atoms with E-state index in [4.69, 9.17) is 5.73 Å². The molecule has 0 amide bonds. The van der Waals surface area contributed by atoms with Crippen LogP contribution >= 0.6 is 23.1 Å². The van der Waals surface area contributed by atoms with Crippen LogP contribution in [-0.4, -0.2) is 41.3 Å². The molecule has 0 aliphatic heterocycles. The Labute approximate surface area is 109 Å². The smallest absolute Gasteiger partial charge is 0.142 e. The average Bonchev–Trinajstić information content (AvgIpc) is 2.72. The monoisotopic (exact) mass is 268 g/mol. The predicted molar refractivity (Wildman–Crippen MR) is 76.5 cm³/mol. The fourth-order valence-electron chi connectivity index (χ4n) is 1.40. The Bertz CT molecular complexity index is 495. The Morgan fingerprint density at radius 2 is 2.24 bits per heavy atom. The number of nitrogens with zero attached hydrogens (tertiary/aromatic N) is 3. The molecule has 0 aliphatic carbocycles. The van der Waals surface area contributed by atoms with Gasteiger partial charge in [0.15, 0.2) is 0 Å². The van der Waals surface area contributed by atoms with Crippen molar-refractivity contribution in [1.82, 2.24) is 14.9 Å². The van der Waals surface area contributed by atoms with Crippen molar-refractivity contribution in [2.24, 2.45) is 0 Å². The van der Waals surface area contributed by atoms with Crippen LogP contribution in [0, 0.1) is 0 Å². The fraction of sp³-hybridized carbons (Fsp3) is 0.455. The van der Waals surface area contributed by atoms with E-state index in [1.807, 2.05) is 23.2 Å². The number of aromatic nitrogens is 2. The van der Waals surface area contributed by atoms with Gasteiger partial charge in [0.2, 0.25) is 0 Å². The Hall–Kier alpha value is -0.850. The summed E-state index contributed by atoms with van der Waals surface area (Å²) in [6, 6.07) is 1.97. The van der Waals surface area contributed by atoms with Gasteiger partial charge < -0.3 is 10.6 Å². The summed E-state index contributed by atoms with van der Waals surface area (Å²) in [6.07, 6.45) is 0. The first-order chi connectivity index (χ1) is 8.16. The van der Waals surface area contributed by atoms with E-state index < -0.39 is 0 Å².